The average molecular weight is 247 g/mol. The second-order valence-electron chi connectivity index (χ2n) is 3.55. The molecule has 0 saturated heterocycles. The lowest BCUT2D eigenvalue weighted by molar-refractivity contribution is 0.392. The third kappa shape index (κ3) is 3.58. The molecule has 16 heavy (non-hydrogen) atoms. The van der Waals surface area contributed by atoms with Crippen molar-refractivity contribution in [3.05, 3.63) is 17.0 Å². The summed E-state index contributed by atoms with van der Waals surface area (Å²) < 4.78 is 30.5. The van der Waals surface area contributed by atoms with Crippen LogP contribution in [-0.4, -0.2) is 32.9 Å². The van der Waals surface area contributed by atoms with Crippen molar-refractivity contribution >= 4 is 10.0 Å². The summed E-state index contributed by atoms with van der Waals surface area (Å²) >= 11 is 0. The summed E-state index contributed by atoms with van der Waals surface area (Å²) in [4.78, 5) is 0. The first kappa shape index (κ1) is 13.1. The van der Waals surface area contributed by atoms with Gasteiger partial charge in [0.15, 0.2) is 0 Å². The van der Waals surface area contributed by atoms with E-state index in [0.29, 0.717) is 18.0 Å². The first-order chi connectivity index (χ1) is 7.46. The van der Waals surface area contributed by atoms with Crippen molar-refractivity contribution in [1.29, 1.82) is 0 Å². The topological polar surface area (TPSA) is 84.2 Å². The van der Waals surface area contributed by atoms with Gasteiger partial charge in [-0.15, -0.1) is 0 Å². The smallest absolute Gasteiger partial charge is 0.213 e. The fraction of sp³-hybridized carbons (Fsp3) is 0.667. The molecule has 0 aromatic carbocycles. The molecule has 1 aromatic heterocycles. The number of aromatic nitrogens is 1. The molecule has 0 radical (unpaired) electrons. The van der Waals surface area contributed by atoms with Crippen molar-refractivity contribution in [2.45, 2.75) is 20.4 Å². The summed E-state index contributed by atoms with van der Waals surface area (Å²) in [5.41, 5.74) is 1.52. The van der Waals surface area contributed by atoms with E-state index in [-0.39, 0.29) is 12.3 Å². The van der Waals surface area contributed by atoms with Gasteiger partial charge in [0.25, 0.3) is 0 Å². The summed E-state index contributed by atoms with van der Waals surface area (Å²) in [6, 6.07) is 0. The Kier molecular flexibility index (Phi) is 4.45. The van der Waals surface area contributed by atoms with Crippen LogP contribution in [0.15, 0.2) is 4.52 Å². The Morgan fingerprint density at radius 1 is 1.38 bits per heavy atom. The summed E-state index contributed by atoms with van der Waals surface area (Å²) in [7, 11) is -1.52. The molecule has 0 aliphatic carbocycles. The standard InChI is InChI=1S/C9H17N3O3S/c1-7-9(8(2)15-12-7)6-11-16(13,14)5-4-10-3/h10-11H,4-6H2,1-3H3. The van der Waals surface area contributed by atoms with Crippen LogP contribution >= 0.6 is 0 Å². The van der Waals surface area contributed by atoms with E-state index in [1.165, 1.54) is 0 Å². The van der Waals surface area contributed by atoms with Crippen LogP contribution in [0.5, 0.6) is 0 Å². The van der Waals surface area contributed by atoms with Gasteiger partial charge in [0.2, 0.25) is 10.0 Å². The van der Waals surface area contributed by atoms with Crippen molar-refractivity contribution in [1.82, 2.24) is 15.2 Å². The van der Waals surface area contributed by atoms with Gasteiger partial charge < -0.3 is 9.84 Å². The Hall–Kier alpha value is -0.920. The van der Waals surface area contributed by atoms with E-state index in [2.05, 4.69) is 15.2 Å². The predicted octanol–water partition coefficient (Wildman–Crippen LogP) is -0.0698. The molecular formula is C9H17N3O3S. The van der Waals surface area contributed by atoms with E-state index in [1.54, 1.807) is 20.9 Å². The second kappa shape index (κ2) is 5.42. The Morgan fingerprint density at radius 2 is 2.06 bits per heavy atom. The van der Waals surface area contributed by atoms with Crippen molar-refractivity contribution in [2.24, 2.45) is 0 Å². The quantitative estimate of drug-likeness (QED) is 0.735. The Morgan fingerprint density at radius 3 is 2.56 bits per heavy atom. The minimum atomic E-state index is -3.24. The number of sulfonamides is 1. The van der Waals surface area contributed by atoms with E-state index in [9.17, 15) is 8.42 Å². The fourth-order valence-corrected chi connectivity index (χ4v) is 2.23. The van der Waals surface area contributed by atoms with Gasteiger partial charge in [0.05, 0.1) is 11.4 Å². The molecule has 0 unspecified atom stereocenters. The minimum absolute atomic E-state index is 0.0624. The maximum atomic E-state index is 11.5. The van der Waals surface area contributed by atoms with Crippen LogP contribution in [0.2, 0.25) is 0 Å². The molecule has 0 bridgehead atoms. The molecule has 0 atom stereocenters. The average Bonchev–Trinajstić information content (AvgIpc) is 2.53. The summed E-state index contributed by atoms with van der Waals surface area (Å²) in [5, 5.41) is 6.55. The zero-order valence-corrected chi connectivity index (χ0v) is 10.5. The largest absolute Gasteiger partial charge is 0.361 e. The van der Waals surface area contributed by atoms with Gasteiger partial charge in [0.1, 0.15) is 5.76 Å². The lowest BCUT2D eigenvalue weighted by atomic mass is 10.2. The van der Waals surface area contributed by atoms with Gasteiger partial charge in [-0.2, -0.15) is 0 Å². The number of rotatable bonds is 6. The summed E-state index contributed by atoms with van der Waals surface area (Å²) in [6.45, 7) is 4.20. The van der Waals surface area contributed by atoms with Crippen LogP contribution < -0.4 is 10.0 Å². The predicted molar refractivity (Wildman–Crippen MR) is 60.5 cm³/mol. The van der Waals surface area contributed by atoms with Crippen LogP contribution in [0.25, 0.3) is 0 Å². The minimum Gasteiger partial charge on any atom is -0.361 e. The molecule has 1 heterocycles. The highest BCUT2D eigenvalue weighted by molar-refractivity contribution is 7.89. The van der Waals surface area contributed by atoms with E-state index in [4.69, 9.17) is 4.52 Å². The number of nitrogens with zero attached hydrogens (tertiary/aromatic N) is 1. The first-order valence-electron chi connectivity index (χ1n) is 5.00. The molecule has 0 amide bonds. The van der Waals surface area contributed by atoms with Crippen molar-refractivity contribution < 1.29 is 12.9 Å². The number of nitrogens with one attached hydrogen (secondary N) is 2. The maximum absolute atomic E-state index is 11.5. The Labute approximate surface area is 95.4 Å². The van der Waals surface area contributed by atoms with Gasteiger partial charge in [0, 0.05) is 18.7 Å². The van der Waals surface area contributed by atoms with E-state index in [0.717, 1.165) is 5.56 Å². The number of hydrogen-bond acceptors (Lipinski definition) is 5. The molecule has 0 saturated carbocycles. The van der Waals surface area contributed by atoms with Gasteiger partial charge in [-0.3, -0.25) is 0 Å². The van der Waals surface area contributed by atoms with Crippen molar-refractivity contribution in [2.75, 3.05) is 19.3 Å². The molecule has 0 aliphatic heterocycles. The third-order valence-corrected chi connectivity index (χ3v) is 3.60. The molecule has 0 aliphatic rings. The molecule has 0 spiro atoms. The fourth-order valence-electron chi connectivity index (χ4n) is 1.24. The number of aryl methyl sites for hydroxylation is 2. The SMILES string of the molecule is CNCCS(=O)(=O)NCc1c(C)noc1C. The highest BCUT2D eigenvalue weighted by atomic mass is 32.2. The van der Waals surface area contributed by atoms with Gasteiger partial charge >= 0.3 is 0 Å². The van der Waals surface area contributed by atoms with Crippen LogP contribution in [0.1, 0.15) is 17.0 Å². The molecule has 92 valence electrons. The highest BCUT2D eigenvalue weighted by Crippen LogP contribution is 2.11. The normalized spacial score (nSPS) is 11.9. The third-order valence-electron chi connectivity index (χ3n) is 2.27. The van der Waals surface area contributed by atoms with Crippen molar-refractivity contribution in [3.8, 4) is 0 Å². The maximum Gasteiger partial charge on any atom is 0.213 e. The highest BCUT2D eigenvalue weighted by Gasteiger charge is 2.13. The van der Waals surface area contributed by atoms with Crippen LogP contribution in [0, 0.1) is 13.8 Å². The zero-order chi connectivity index (χ0) is 12.2. The molecule has 1 rings (SSSR count). The van der Waals surface area contributed by atoms with E-state index >= 15 is 0 Å². The van der Waals surface area contributed by atoms with E-state index < -0.39 is 10.0 Å². The van der Waals surface area contributed by atoms with Crippen LogP contribution in [0.3, 0.4) is 0 Å². The molecular weight excluding hydrogens is 230 g/mol. The molecule has 7 heteroatoms. The van der Waals surface area contributed by atoms with Crippen molar-refractivity contribution in [3.63, 3.8) is 0 Å². The van der Waals surface area contributed by atoms with Gasteiger partial charge in [-0.1, -0.05) is 5.16 Å². The van der Waals surface area contributed by atoms with Gasteiger partial charge in [-0.05, 0) is 20.9 Å². The summed E-state index contributed by atoms with van der Waals surface area (Å²) in [5.74, 6) is 0.709. The monoisotopic (exact) mass is 247 g/mol. The molecule has 6 nitrogen and oxygen atoms in total. The molecule has 0 fully saturated rings. The van der Waals surface area contributed by atoms with Gasteiger partial charge in [-0.25, -0.2) is 13.1 Å². The van der Waals surface area contributed by atoms with E-state index in [1.807, 2.05) is 0 Å². The molecule has 1 aromatic rings. The Bertz CT molecular complexity index is 419. The Balaban J connectivity index is 2.58. The van der Waals surface area contributed by atoms with Crippen LogP contribution in [0.4, 0.5) is 0 Å². The van der Waals surface area contributed by atoms with Crippen LogP contribution in [-0.2, 0) is 16.6 Å². The zero-order valence-electron chi connectivity index (χ0n) is 9.70. The second-order valence-corrected chi connectivity index (χ2v) is 5.47. The summed E-state index contributed by atoms with van der Waals surface area (Å²) in [6.07, 6.45) is 0. The lowest BCUT2D eigenvalue weighted by Crippen LogP contribution is -2.30. The lowest BCUT2D eigenvalue weighted by Gasteiger charge is -2.05. The molecule has 2 N–H and O–H groups in total. The first-order valence-corrected chi connectivity index (χ1v) is 6.65. The number of hydrogen-bond donors (Lipinski definition) is 2.